The maximum absolute atomic E-state index is 10.7. The van der Waals surface area contributed by atoms with Crippen LogP contribution in [-0.4, -0.2) is 12.6 Å². The molecular weight excluding hydrogens is 156 g/mol. The maximum Gasteiger partial charge on any atom is 0.346 e. The third-order valence-corrected chi connectivity index (χ3v) is 1.29. The summed E-state index contributed by atoms with van der Waals surface area (Å²) in [5, 5.41) is 0. The van der Waals surface area contributed by atoms with Gasteiger partial charge in [0.05, 0.1) is 13.0 Å². The minimum absolute atomic E-state index is 0.202. The van der Waals surface area contributed by atoms with Crippen molar-refractivity contribution < 1.29 is 14.6 Å². The minimum Gasteiger partial charge on any atom is -0.298 e. The molecule has 12 heavy (non-hydrogen) atoms. The molecule has 0 atom stereocenters. The van der Waals surface area contributed by atoms with Crippen LogP contribution in [0.4, 0.5) is 0 Å². The fourth-order valence-electron chi connectivity index (χ4n) is 0.670. The smallest absolute Gasteiger partial charge is 0.298 e. The summed E-state index contributed by atoms with van der Waals surface area (Å²) in [4.78, 5) is 19.7. The number of hydrogen-bond acceptors (Lipinski definition) is 3. The molecule has 0 fully saturated rings. The Bertz CT molecular complexity index is 132. The first kappa shape index (κ1) is 11.2. The van der Waals surface area contributed by atoms with Gasteiger partial charge in [0.25, 0.3) is 0 Å². The van der Waals surface area contributed by atoms with Crippen LogP contribution < -0.4 is 0 Å². The Morgan fingerprint density at radius 3 is 2.83 bits per heavy atom. The molecule has 0 N–H and O–H groups in total. The van der Waals surface area contributed by atoms with Gasteiger partial charge in [0.1, 0.15) is 0 Å². The van der Waals surface area contributed by atoms with Crippen molar-refractivity contribution in [1.29, 1.82) is 0 Å². The quantitative estimate of drug-likeness (QED) is 0.256. The summed E-state index contributed by atoms with van der Waals surface area (Å²) in [5.74, 6) is -0.388. The molecule has 3 nitrogen and oxygen atoms in total. The normalized spacial score (nSPS) is 9.42. The van der Waals surface area contributed by atoms with Gasteiger partial charge in [-0.05, 0) is 6.42 Å². The first-order valence-corrected chi connectivity index (χ1v) is 4.24. The zero-order valence-corrected chi connectivity index (χ0v) is 7.54. The van der Waals surface area contributed by atoms with Gasteiger partial charge in [-0.2, -0.15) is 4.89 Å². The number of hydrogen-bond donors (Lipinski definition) is 0. The van der Waals surface area contributed by atoms with E-state index < -0.39 is 0 Å². The molecule has 0 aromatic rings. The Morgan fingerprint density at radius 1 is 1.50 bits per heavy atom. The lowest BCUT2D eigenvalue weighted by Gasteiger charge is -2.00. The van der Waals surface area contributed by atoms with Crippen molar-refractivity contribution in [2.45, 2.75) is 32.6 Å². The second-order valence-electron chi connectivity index (χ2n) is 2.48. The Morgan fingerprint density at radius 2 is 2.25 bits per heavy atom. The minimum atomic E-state index is -0.388. The van der Waals surface area contributed by atoms with Gasteiger partial charge in [-0.3, -0.25) is 4.89 Å². The van der Waals surface area contributed by atoms with E-state index >= 15 is 0 Å². The second kappa shape index (κ2) is 8.27. The first-order chi connectivity index (χ1) is 5.81. The molecule has 0 aliphatic carbocycles. The van der Waals surface area contributed by atoms with E-state index in [0.717, 1.165) is 19.3 Å². The molecule has 0 aliphatic rings. The van der Waals surface area contributed by atoms with Crippen molar-refractivity contribution in [2.24, 2.45) is 0 Å². The summed E-state index contributed by atoms with van der Waals surface area (Å²) in [7, 11) is 0. The van der Waals surface area contributed by atoms with Crippen LogP contribution in [0.25, 0.3) is 0 Å². The van der Waals surface area contributed by atoms with Gasteiger partial charge in [0.15, 0.2) is 0 Å². The molecule has 0 amide bonds. The third-order valence-electron chi connectivity index (χ3n) is 1.29. The number of rotatable bonds is 7. The van der Waals surface area contributed by atoms with E-state index in [-0.39, 0.29) is 12.4 Å². The molecule has 0 heterocycles. The number of carbonyl (C=O) groups excluding carboxylic acids is 1. The average molecular weight is 172 g/mol. The SMILES string of the molecule is C=CCC(=O)OOCCCCC. The first-order valence-electron chi connectivity index (χ1n) is 4.24. The molecule has 0 saturated heterocycles. The van der Waals surface area contributed by atoms with Crippen molar-refractivity contribution in [3.8, 4) is 0 Å². The lowest BCUT2D eigenvalue weighted by atomic mass is 10.3. The fraction of sp³-hybridized carbons (Fsp3) is 0.667. The van der Waals surface area contributed by atoms with Crippen LogP contribution >= 0.6 is 0 Å². The Hall–Kier alpha value is -0.830. The molecule has 0 aliphatic heterocycles. The molecule has 0 unspecified atom stereocenters. The van der Waals surface area contributed by atoms with E-state index in [4.69, 9.17) is 0 Å². The fourth-order valence-corrected chi connectivity index (χ4v) is 0.670. The monoisotopic (exact) mass is 172 g/mol. The highest BCUT2D eigenvalue weighted by molar-refractivity contribution is 5.70. The lowest BCUT2D eigenvalue weighted by Crippen LogP contribution is -2.04. The average Bonchev–Trinajstić information content (AvgIpc) is 2.05. The van der Waals surface area contributed by atoms with Gasteiger partial charge in [-0.25, -0.2) is 4.79 Å². The van der Waals surface area contributed by atoms with Crippen LogP contribution in [-0.2, 0) is 14.6 Å². The lowest BCUT2D eigenvalue weighted by molar-refractivity contribution is -0.271. The van der Waals surface area contributed by atoms with Crippen molar-refractivity contribution in [3.63, 3.8) is 0 Å². The van der Waals surface area contributed by atoms with E-state index in [2.05, 4.69) is 23.3 Å². The third kappa shape index (κ3) is 7.28. The van der Waals surface area contributed by atoms with Gasteiger partial charge in [-0.1, -0.05) is 25.8 Å². The predicted octanol–water partition coefficient (Wildman–Crippen LogP) is 2.23. The summed E-state index contributed by atoms with van der Waals surface area (Å²) in [6.07, 6.45) is 4.84. The van der Waals surface area contributed by atoms with Crippen LogP contribution in [0.1, 0.15) is 32.6 Å². The summed E-state index contributed by atoms with van der Waals surface area (Å²) in [5.41, 5.74) is 0. The summed E-state index contributed by atoms with van der Waals surface area (Å²) >= 11 is 0. The Kier molecular flexibility index (Phi) is 7.70. The summed E-state index contributed by atoms with van der Waals surface area (Å²) in [6, 6.07) is 0. The predicted molar refractivity (Wildman–Crippen MR) is 46.4 cm³/mol. The van der Waals surface area contributed by atoms with Crippen molar-refractivity contribution in [2.75, 3.05) is 6.61 Å². The van der Waals surface area contributed by atoms with Crippen LogP contribution in [0, 0.1) is 0 Å². The van der Waals surface area contributed by atoms with Crippen LogP contribution in [0.5, 0.6) is 0 Å². The molecule has 3 heteroatoms. The van der Waals surface area contributed by atoms with E-state index in [1.165, 1.54) is 6.08 Å². The molecule has 0 aromatic carbocycles. The van der Waals surface area contributed by atoms with Crippen LogP contribution in [0.3, 0.4) is 0 Å². The highest BCUT2D eigenvalue weighted by Gasteiger charge is 1.98. The highest BCUT2D eigenvalue weighted by Crippen LogP contribution is 1.95. The van der Waals surface area contributed by atoms with E-state index in [9.17, 15) is 4.79 Å². The van der Waals surface area contributed by atoms with E-state index in [1.807, 2.05) is 0 Å². The molecule has 0 spiro atoms. The number of carbonyl (C=O) groups is 1. The highest BCUT2D eigenvalue weighted by atomic mass is 17.2. The molecule has 0 radical (unpaired) electrons. The zero-order chi connectivity index (χ0) is 9.23. The zero-order valence-electron chi connectivity index (χ0n) is 7.54. The van der Waals surface area contributed by atoms with Gasteiger partial charge in [-0.15, -0.1) is 6.58 Å². The van der Waals surface area contributed by atoms with Crippen molar-refractivity contribution >= 4 is 5.97 Å². The largest absolute Gasteiger partial charge is 0.346 e. The molecule has 0 saturated carbocycles. The van der Waals surface area contributed by atoms with Gasteiger partial charge < -0.3 is 0 Å². The summed E-state index contributed by atoms with van der Waals surface area (Å²) < 4.78 is 0. The second-order valence-corrected chi connectivity index (χ2v) is 2.48. The van der Waals surface area contributed by atoms with Crippen LogP contribution in [0.15, 0.2) is 12.7 Å². The molecule has 0 aromatic heterocycles. The Balaban J connectivity index is 3.08. The molecule has 70 valence electrons. The van der Waals surface area contributed by atoms with Crippen molar-refractivity contribution in [1.82, 2.24) is 0 Å². The van der Waals surface area contributed by atoms with Crippen LogP contribution in [0.2, 0.25) is 0 Å². The van der Waals surface area contributed by atoms with Gasteiger partial charge in [0.2, 0.25) is 0 Å². The van der Waals surface area contributed by atoms with Gasteiger partial charge in [0, 0.05) is 0 Å². The van der Waals surface area contributed by atoms with Crippen molar-refractivity contribution in [3.05, 3.63) is 12.7 Å². The maximum atomic E-state index is 10.7. The van der Waals surface area contributed by atoms with E-state index in [1.54, 1.807) is 0 Å². The molecule has 0 bridgehead atoms. The standard InChI is InChI=1S/C9H16O3/c1-3-5-6-8-11-12-9(10)7-4-2/h4H,2-3,5-8H2,1H3. The number of unbranched alkanes of at least 4 members (excludes halogenated alkanes) is 2. The molecule has 0 rings (SSSR count). The van der Waals surface area contributed by atoms with Gasteiger partial charge >= 0.3 is 5.97 Å². The van der Waals surface area contributed by atoms with E-state index in [0.29, 0.717) is 6.61 Å². The summed E-state index contributed by atoms with van der Waals surface area (Å²) in [6.45, 7) is 5.99. The topological polar surface area (TPSA) is 35.5 Å². The Labute approximate surface area is 73.3 Å². The molecular formula is C9H16O3.